The zero-order chi connectivity index (χ0) is 13.2. The molecule has 1 heterocycles. The Labute approximate surface area is 108 Å². The summed E-state index contributed by atoms with van der Waals surface area (Å²) >= 11 is 0. The Morgan fingerprint density at radius 3 is 2.94 bits per heavy atom. The SMILES string of the molecule is CCCOc1ccnc(NC2CC(N)C2(C)C)n1. The number of aromatic nitrogens is 2. The van der Waals surface area contributed by atoms with E-state index in [1.165, 1.54) is 0 Å². The minimum atomic E-state index is 0.0869. The smallest absolute Gasteiger partial charge is 0.226 e. The van der Waals surface area contributed by atoms with Crippen molar-refractivity contribution in [3.63, 3.8) is 0 Å². The van der Waals surface area contributed by atoms with Crippen LogP contribution in [0.5, 0.6) is 5.88 Å². The number of anilines is 1. The highest BCUT2D eigenvalue weighted by molar-refractivity contribution is 5.32. The molecular formula is C13H22N4O. The van der Waals surface area contributed by atoms with Crippen molar-refractivity contribution in [1.29, 1.82) is 0 Å². The van der Waals surface area contributed by atoms with Gasteiger partial charge in [0.05, 0.1) is 6.61 Å². The van der Waals surface area contributed by atoms with E-state index in [2.05, 4.69) is 36.1 Å². The molecule has 0 aliphatic heterocycles. The molecule has 1 aromatic rings. The number of nitrogens with zero attached hydrogens (tertiary/aromatic N) is 2. The van der Waals surface area contributed by atoms with Gasteiger partial charge in [-0.25, -0.2) is 4.98 Å². The zero-order valence-electron chi connectivity index (χ0n) is 11.3. The Morgan fingerprint density at radius 1 is 1.56 bits per heavy atom. The molecule has 0 spiro atoms. The van der Waals surface area contributed by atoms with Gasteiger partial charge in [-0.2, -0.15) is 4.98 Å². The summed E-state index contributed by atoms with van der Waals surface area (Å²) in [5, 5.41) is 3.33. The van der Waals surface area contributed by atoms with E-state index in [1.54, 1.807) is 12.3 Å². The Balaban J connectivity index is 1.98. The third-order valence-electron chi connectivity index (χ3n) is 3.73. The molecule has 2 rings (SSSR count). The summed E-state index contributed by atoms with van der Waals surface area (Å²) in [7, 11) is 0. The van der Waals surface area contributed by atoms with Crippen molar-refractivity contribution in [3.8, 4) is 5.88 Å². The number of nitrogens with two attached hydrogens (primary N) is 1. The predicted molar refractivity (Wildman–Crippen MR) is 71.6 cm³/mol. The molecule has 100 valence electrons. The van der Waals surface area contributed by atoms with Gasteiger partial charge in [0.15, 0.2) is 0 Å². The van der Waals surface area contributed by atoms with Gasteiger partial charge in [-0.15, -0.1) is 0 Å². The molecule has 1 aliphatic rings. The third kappa shape index (κ3) is 2.56. The van der Waals surface area contributed by atoms with Gasteiger partial charge in [-0.05, 0) is 12.8 Å². The highest BCUT2D eigenvalue weighted by Crippen LogP contribution is 2.40. The van der Waals surface area contributed by atoms with Gasteiger partial charge in [-0.1, -0.05) is 20.8 Å². The second-order valence-corrected chi connectivity index (χ2v) is 5.43. The van der Waals surface area contributed by atoms with Crippen LogP contribution in [0.4, 0.5) is 5.95 Å². The minimum Gasteiger partial charge on any atom is -0.478 e. The molecule has 1 saturated carbocycles. The van der Waals surface area contributed by atoms with E-state index in [1.807, 2.05) is 0 Å². The van der Waals surface area contributed by atoms with Crippen LogP contribution in [-0.4, -0.2) is 28.7 Å². The minimum absolute atomic E-state index is 0.0869. The molecule has 2 atom stereocenters. The van der Waals surface area contributed by atoms with Crippen molar-refractivity contribution >= 4 is 5.95 Å². The van der Waals surface area contributed by atoms with Crippen LogP contribution >= 0.6 is 0 Å². The molecule has 0 amide bonds. The van der Waals surface area contributed by atoms with Gasteiger partial charge < -0.3 is 15.8 Å². The van der Waals surface area contributed by atoms with Crippen molar-refractivity contribution in [3.05, 3.63) is 12.3 Å². The summed E-state index contributed by atoms with van der Waals surface area (Å²) in [5.74, 6) is 1.24. The Morgan fingerprint density at radius 2 is 2.33 bits per heavy atom. The maximum atomic E-state index is 5.99. The summed E-state index contributed by atoms with van der Waals surface area (Å²) < 4.78 is 5.49. The number of nitrogens with one attached hydrogen (secondary N) is 1. The molecule has 1 fully saturated rings. The second-order valence-electron chi connectivity index (χ2n) is 5.43. The molecule has 18 heavy (non-hydrogen) atoms. The normalized spacial score (nSPS) is 25.3. The van der Waals surface area contributed by atoms with Gasteiger partial charge in [-0.3, -0.25) is 0 Å². The monoisotopic (exact) mass is 250 g/mol. The summed E-state index contributed by atoms with van der Waals surface area (Å²) in [6.45, 7) is 7.07. The lowest BCUT2D eigenvalue weighted by Gasteiger charge is -2.50. The van der Waals surface area contributed by atoms with Crippen LogP contribution in [0.3, 0.4) is 0 Å². The number of hydrogen-bond acceptors (Lipinski definition) is 5. The quantitative estimate of drug-likeness (QED) is 0.833. The molecule has 0 saturated heterocycles. The third-order valence-corrected chi connectivity index (χ3v) is 3.73. The van der Waals surface area contributed by atoms with Crippen molar-refractivity contribution in [2.75, 3.05) is 11.9 Å². The molecule has 1 aromatic heterocycles. The van der Waals surface area contributed by atoms with Crippen molar-refractivity contribution < 1.29 is 4.74 Å². The van der Waals surface area contributed by atoms with Crippen LogP contribution in [0, 0.1) is 5.41 Å². The summed E-state index contributed by atoms with van der Waals surface area (Å²) in [6, 6.07) is 2.35. The van der Waals surface area contributed by atoms with Crippen LogP contribution in [0.25, 0.3) is 0 Å². The van der Waals surface area contributed by atoms with Gasteiger partial charge in [0.25, 0.3) is 0 Å². The lowest BCUT2D eigenvalue weighted by molar-refractivity contribution is 0.116. The second kappa shape index (κ2) is 5.10. The van der Waals surface area contributed by atoms with Crippen LogP contribution in [0.2, 0.25) is 0 Å². The fourth-order valence-electron chi connectivity index (χ4n) is 2.06. The molecule has 0 bridgehead atoms. The molecule has 0 aromatic carbocycles. The average Bonchev–Trinajstić information content (AvgIpc) is 2.36. The van der Waals surface area contributed by atoms with Crippen LogP contribution in [0.15, 0.2) is 12.3 Å². The van der Waals surface area contributed by atoms with E-state index >= 15 is 0 Å². The van der Waals surface area contributed by atoms with Crippen LogP contribution in [0.1, 0.15) is 33.6 Å². The molecule has 5 nitrogen and oxygen atoms in total. The van der Waals surface area contributed by atoms with E-state index in [0.29, 0.717) is 24.5 Å². The van der Waals surface area contributed by atoms with E-state index in [-0.39, 0.29) is 11.5 Å². The standard InChI is InChI=1S/C13H22N4O/c1-4-7-18-11-5-6-15-12(17-11)16-10-8-9(14)13(10,2)3/h5-6,9-10H,4,7-8,14H2,1-3H3,(H,15,16,17). The molecule has 5 heteroatoms. The Kier molecular flexibility index (Phi) is 3.71. The Hall–Kier alpha value is -1.36. The fourth-order valence-corrected chi connectivity index (χ4v) is 2.06. The zero-order valence-corrected chi connectivity index (χ0v) is 11.3. The first-order valence-corrected chi connectivity index (χ1v) is 6.52. The highest BCUT2D eigenvalue weighted by Gasteiger charge is 2.46. The maximum Gasteiger partial charge on any atom is 0.226 e. The van der Waals surface area contributed by atoms with Gasteiger partial charge in [0.1, 0.15) is 0 Å². The number of hydrogen-bond donors (Lipinski definition) is 2. The van der Waals surface area contributed by atoms with E-state index < -0.39 is 0 Å². The first-order chi connectivity index (χ1) is 8.54. The van der Waals surface area contributed by atoms with Crippen molar-refractivity contribution in [2.45, 2.75) is 45.7 Å². The van der Waals surface area contributed by atoms with Crippen molar-refractivity contribution in [2.24, 2.45) is 11.1 Å². The van der Waals surface area contributed by atoms with Gasteiger partial charge in [0.2, 0.25) is 11.8 Å². The van der Waals surface area contributed by atoms with Crippen molar-refractivity contribution in [1.82, 2.24) is 9.97 Å². The molecule has 2 unspecified atom stereocenters. The molecule has 0 radical (unpaired) electrons. The Bertz CT molecular complexity index is 408. The largest absolute Gasteiger partial charge is 0.478 e. The first-order valence-electron chi connectivity index (χ1n) is 6.52. The van der Waals surface area contributed by atoms with E-state index in [0.717, 1.165) is 12.8 Å². The lowest BCUT2D eigenvalue weighted by atomic mass is 9.63. The van der Waals surface area contributed by atoms with Gasteiger partial charge >= 0.3 is 0 Å². The predicted octanol–water partition coefficient (Wildman–Crippen LogP) is 1.80. The topological polar surface area (TPSA) is 73.1 Å². The van der Waals surface area contributed by atoms with Gasteiger partial charge in [0, 0.05) is 29.8 Å². The summed E-state index contributed by atoms with van der Waals surface area (Å²) in [6.07, 6.45) is 3.64. The maximum absolute atomic E-state index is 5.99. The molecule has 3 N–H and O–H groups in total. The summed E-state index contributed by atoms with van der Waals surface area (Å²) in [4.78, 5) is 8.55. The van der Waals surface area contributed by atoms with E-state index in [9.17, 15) is 0 Å². The first kappa shape index (κ1) is 13.1. The van der Waals surface area contributed by atoms with Crippen LogP contribution in [-0.2, 0) is 0 Å². The number of ether oxygens (including phenoxy) is 1. The fraction of sp³-hybridized carbons (Fsp3) is 0.692. The lowest BCUT2D eigenvalue weighted by Crippen LogP contribution is -2.61. The average molecular weight is 250 g/mol. The van der Waals surface area contributed by atoms with Crippen LogP contribution < -0.4 is 15.8 Å². The number of rotatable bonds is 5. The molecule has 1 aliphatic carbocycles. The van der Waals surface area contributed by atoms with E-state index in [4.69, 9.17) is 10.5 Å². The highest BCUT2D eigenvalue weighted by atomic mass is 16.5. The molecular weight excluding hydrogens is 228 g/mol. The summed E-state index contributed by atoms with van der Waals surface area (Å²) in [5.41, 5.74) is 6.08.